The van der Waals surface area contributed by atoms with Gasteiger partial charge in [0, 0.05) is 12.6 Å². The summed E-state index contributed by atoms with van der Waals surface area (Å²) in [6, 6.07) is 4.62. The van der Waals surface area contributed by atoms with Gasteiger partial charge in [-0.3, -0.25) is 0 Å². The lowest BCUT2D eigenvalue weighted by molar-refractivity contribution is -0.0512. The van der Waals surface area contributed by atoms with Gasteiger partial charge in [-0.1, -0.05) is 6.07 Å². The molecule has 0 amide bonds. The molecule has 0 radical (unpaired) electrons. The van der Waals surface area contributed by atoms with Crippen molar-refractivity contribution >= 4 is 9.84 Å². The van der Waals surface area contributed by atoms with Gasteiger partial charge in [0.05, 0.1) is 18.6 Å². The van der Waals surface area contributed by atoms with Crippen LogP contribution >= 0.6 is 0 Å². The van der Waals surface area contributed by atoms with Crippen molar-refractivity contribution in [1.29, 1.82) is 0 Å². The first-order valence-corrected chi connectivity index (χ1v) is 8.27. The summed E-state index contributed by atoms with van der Waals surface area (Å²) in [5.74, 6) is 0.490. The molecule has 0 spiro atoms. The number of hydrogen-bond acceptors (Lipinski definition) is 5. The first kappa shape index (κ1) is 16.0. The zero-order chi connectivity index (χ0) is 15.5. The largest absolute Gasteiger partial charge is 0.493 e. The molecule has 1 aromatic carbocycles. The SMILES string of the molecule is COc1ccc(CNC2CCS(=O)(=O)C2)cc1OC(F)F. The average molecular weight is 321 g/mol. The summed E-state index contributed by atoms with van der Waals surface area (Å²) in [6.45, 7) is -2.55. The van der Waals surface area contributed by atoms with Crippen molar-refractivity contribution < 1.29 is 26.7 Å². The van der Waals surface area contributed by atoms with Crippen LogP contribution in [0.15, 0.2) is 18.2 Å². The van der Waals surface area contributed by atoms with Crippen LogP contribution in [0.5, 0.6) is 11.5 Å². The quantitative estimate of drug-likeness (QED) is 0.862. The van der Waals surface area contributed by atoms with Crippen molar-refractivity contribution in [1.82, 2.24) is 5.32 Å². The van der Waals surface area contributed by atoms with Crippen LogP contribution in [-0.2, 0) is 16.4 Å². The second kappa shape index (κ2) is 6.57. The summed E-state index contributed by atoms with van der Waals surface area (Å²) < 4.78 is 56.7. The molecule has 0 bridgehead atoms. The van der Waals surface area contributed by atoms with Crippen LogP contribution in [0.4, 0.5) is 8.78 Å². The van der Waals surface area contributed by atoms with Crippen LogP contribution in [0.25, 0.3) is 0 Å². The molecule has 1 aliphatic heterocycles. The van der Waals surface area contributed by atoms with E-state index in [1.807, 2.05) is 0 Å². The van der Waals surface area contributed by atoms with Gasteiger partial charge in [0.25, 0.3) is 0 Å². The Morgan fingerprint density at radius 1 is 1.38 bits per heavy atom. The van der Waals surface area contributed by atoms with E-state index in [0.29, 0.717) is 13.0 Å². The number of benzene rings is 1. The second-order valence-electron chi connectivity index (χ2n) is 4.84. The fourth-order valence-corrected chi connectivity index (χ4v) is 3.95. The van der Waals surface area contributed by atoms with Crippen LogP contribution in [-0.4, -0.2) is 39.7 Å². The molecule has 5 nitrogen and oxygen atoms in total. The number of ether oxygens (including phenoxy) is 2. The topological polar surface area (TPSA) is 64.6 Å². The molecule has 21 heavy (non-hydrogen) atoms. The molecular weight excluding hydrogens is 304 g/mol. The standard InChI is InChI=1S/C13H17F2NO4S/c1-19-11-3-2-9(6-12(11)20-13(14)15)7-16-10-4-5-21(17,18)8-10/h2-3,6,10,13,16H,4-5,7-8H2,1H3. The third kappa shape index (κ3) is 4.53. The summed E-state index contributed by atoms with van der Waals surface area (Å²) in [5, 5.41) is 3.11. The monoisotopic (exact) mass is 321 g/mol. The molecule has 1 saturated heterocycles. The van der Waals surface area contributed by atoms with E-state index >= 15 is 0 Å². The van der Waals surface area contributed by atoms with Crippen molar-refractivity contribution in [2.45, 2.75) is 25.6 Å². The molecular formula is C13H17F2NO4S. The number of hydrogen-bond donors (Lipinski definition) is 1. The van der Waals surface area contributed by atoms with Gasteiger partial charge in [0.15, 0.2) is 21.3 Å². The van der Waals surface area contributed by atoms with Crippen molar-refractivity contribution in [3.63, 3.8) is 0 Å². The Kier molecular flexibility index (Phi) is 5.00. The van der Waals surface area contributed by atoms with Crippen LogP contribution in [0.1, 0.15) is 12.0 Å². The minimum absolute atomic E-state index is 0.0363. The van der Waals surface area contributed by atoms with Crippen molar-refractivity contribution in [2.24, 2.45) is 0 Å². The maximum Gasteiger partial charge on any atom is 0.387 e. The second-order valence-corrected chi connectivity index (χ2v) is 7.07. The molecule has 1 N–H and O–H groups in total. The summed E-state index contributed by atoms with van der Waals surface area (Å²) in [4.78, 5) is 0. The van der Waals surface area contributed by atoms with E-state index in [9.17, 15) is 17.2 Å². The van der Waals surface area contributed by atoms with Crippen LogP contribution in [0, 0.1) is 0 Å². The Morgan fingerprint density at radius 2 is 2.14 bits per heavy atom. The predicted octanol–water partition coefficient (Wildman–Crippen LogP) is 1.57. The maximum atomic E-state index is 12.3. The number of methoxy groups -OCH3 is 1. The van der Waals surface area contributed by atoms with Crippen LogP contribution in [0.3, 0.4) is 0 Å². The van der Waals surface area contributed by atoms with Gasteiger partial charge >= 0.3 is 6.61 Å². The Labute approximate surface area is 122 Å². The molecule has 2 rings (SSSR count). The van der Waals surface area contributed by atoms with Crippen LogP contribution in [0.2, 0.25) is 0 Å². The lowest BCUT2D eigenvalue weighted by Crippen LogP contribution is -2.29. The lowest BCUT2D eigenvalue weighted by atomic mass is 10.2. The highest BCUT2D eigenvalue weighted by Gasteiger charge is 2.27. The summed E-state index contributed by atoms with van der Waals surface area (Å²) in [7, 11) is -1.57. The highest BCUT2D eigenvalue weighted by Crippen LogP contribution is 2.29. The summed E-state index contributed by atoms with van der Waals surface area (Å²) >= 11 is 0. The van der Waals surface area contributed by atoms with Gasteiger partial charge in [-0.2, -0.15) is 8.78 Å². The minimum Gasteiger partial charge on any atom is -0.493 e. The van der Waals surface area contributed by atoms with Gasteiger partial charge in [0.2, 0.25) is 0 Å². The molecule has 0 aromatic heterocycles. The van der Waals surface area contributed by atoms with E-state index in [-0.39, 0.29) is 29.0 Å². The number of rotatable bonds is 6. The highest BCUT2D eigenvalue weighted by atomic mass is 32.2. The predicted molar refractivity (Wildman–Crippen MR) is 73.5 cm³/mol. The Balaban J connectivity index is 2.00. The van der Waals surface area contributed by atoms with Gasteiger partial charge in [0.1, 0.15) is 0 Å². The number of nitrogens with one attached hydrogen (secondary N) is 1. The van der Waals surface area contributed by atoms with Crippen LogP contribution < -0.4 is 14.8 Å². The van der Waals surface area contributed by atoms with Gasteiger partial charge in [-0.25, -0.2) is 8.42 Å². The molecule has 1 atom stereocenters. The first-order chi connectivity index (χ1) is 9.89. The molecule has 1 unspecified atom stereocenters. The fourth-order valence-electron chi connectivity index (χ4n) is 2.24. The zero-order valence-corrected chi connectivity index (χ0v) is 12.3. The third-order valence-electron chi connectivity index (χ3n) is 3.27. The van der Waals surface area contributed by atoms with E-state index in [2.05, 4.69) is 10.1 Å². The molecule has 0 saturated carbocycles. The Hall–Kier alpha value is -1.41. The van der Waals surface area contributed by atoms with E-state index in [0.717, 1.165) is 5.56 Å². The maximum absolute atomic E-state index is 12.3. The first-order valence-electron chi connectivity index (χ1n) is 6.45. The molecule has 1 aliphatic rings. The highest BCUT2D eigenvalue weighted by molar-refractivity contribution is 7.91. The minimum atomic E-state index is -2.94. The summed E-state index contributed by atoms with van der Waals surface area (Å²) in [5.41, 5.74) is 0.718. The lowest BCUT2D eigenvalue weighted by Gasteiger charge is -2.14. The number of sulfone groups is 1. The van der Waals surface area contributed by atoms with Crippen molar-refractivity contribution in [2.75, 3.05) is 18.6 Å². The van der Waals surface area contributed by atoms with Crippen molar-refractivity contribution in [3.8, 4) is 11.5 Å². The molecule has 1 heterocycles. The van der Waals surface area contributed by atoms with E-state index in [1.54, 1.807) is 12.1 Å². The molecule has 1 aromatic rings. The van der Waals surface area contributed by atoms with E-state index in [4.69, 9.17) is 4.74 Å². The smallest absolute Gasteiger partial charge is 0.387 e. The van der Waals surface area contributed by atoms with Crippen molar-refractivity contribution in [3.05, 3.63) is 23.8 Å². The zero-order valence-electron chi connectivity index (χ0n) is 11.5. The normalized spacial score (nSPS) is 20.7. The van der Waals surface area contributed by atoms with E-state index < -0.39 is 16.4 Å². The number of halogens is 2. The van der Waals surface area contributed by atoms with Gasteiger partial charge in [-0.05, 0) is 24.1 Å². The third-order valence-corrected chi connectivity index (χ3v) is 5.04. The molecule has 1 fully saturated rings. The summed E-state index contributed by atoms with van der Waals surface area (Å²) in [6.07, 6.45) is 0.568. The van der Waals surface area contributed by atoms with Gasteiger partial charge < -0.3 is 14.8 Å². The Bertz CT molecular complexity index is 592. The molecule has 0 aliphatic carbocycles. The van der Waals surface area contributed by atoms with E-state index in [1.165, 1.54) is 13.2 Å². The molecule has 8 heteroatoms. The Morgan fingerprint density at radius 3 is 2.71 bits per heavy atom. The number of alkyl halides is 2. The average Bonchev–Trinajstić information content (AvgIpc) is 2.75. The van der Waals surface area contributed by atoms with Gasteiger partial charge in [-0.15, -0.1) is 0 Å². The molecule has 118 valence electrons. The fraction of sp³-hybridized carbons (Fsp3) is 0.538.